The van der Waals surface area contributed by atoms with Gasteiger partial charge in [0, 0.05) is 24.5 Å². The number of nitrogens with two attached hydrogens (primary N) is 1. The quantitative estimate of drug-likeness (QED) is 0.843. The van der Waals surface area contributed by atoms with Crippen molar-refractivity contribution in [2.75, 3.05) is 0 Å². The smallest absolute Gasteiger partial charge is 0.141 e. The fraction of sp³-hybridized carbons (Fsp3) is 0.545. The molecule has 0 bridgehead atoms. The van der Waals surface area contributed by atoms with Crippen LogP contribution in [0.2, 0.25) is 5.02 Å². The molecule has 0 aliphatic heterocycles. The molecule has 0 radical (unpaired) electrons. The Morgan fingerprint density at radius 3 is 2.93 bits per heavy atom. The number of halogens is 1. The molecule has 0 spiro atoms. The van der Waals surface area contributed by atoms with Gasteiger partial charge in [0.15, 0.2) is 0 Å². The van der Waals surface area contributed by atoms with E-state index >= 15 is 0 Å². The largest absolute Gasteiger partial charge is 0.487 e. The minimum absolute atomic E-state index is 0.0960. The molecule has 3 nitrogen and oxygen atoms in total. The van der Waals surface area contributed by atoms with E-state index in [2.05, 4.69) is 4.98 Å². The Balaban J connectivity index is 2.04. The van der Waals surface area contributed by atoms with Crippen molar-refractivity contribution >= 4 is 11.6 Å². The Bertz CT molecular complexity index is 332. The fourth-order valence-electron chi connectivity index (χ4n) is 1.89. The molecule has 4 heteroatoms. The number of pyridine rings is 1. The van der Waals surface area contributed by atoms with Gasteiger partial charge in [0.05, 0.1) is 0 Å². The number of ether oxygens (including phenoxy) is 1. The minimum Gasteiger partial charge on any atom is -0.487 e. The van der Waals surface area contributed by atoms with Gasteiger partial charge in [-0.25, -0.2) is 0 Å². The van der Waals surface area contributed by atoms with Gasteiger partial charge in [-0.2, -0.15) is 0 Å². The zero-order chi connectivity index (χ0) is 10.7. The van der Waals surface area contributed by atoms with Crippen LogP contribution in [0.25, 0.3) is 0 Å². The van der Waals surface area contributed by atoms with Crippen molar-refractivity contribution in [3.63, 3.8) is 0 Å². The Labute approximate surface area is 94.6 Å². The summed E-state index contributed by atoms with van der Waals surface area (Å²) in [6.07, 6.45) is 7.79. The molecule has 1 aromatic heterocycles. The molecule has 2 atom stereocenters. The molecule has 82 valence electrons. The summed E-state index contributed by atoms with van der Waals surface area (Å²) < 4.78 is 5.80. The standard InChI is InChI=1S/C11H15ClN2O/c12-8-7-14-6-5-10(8)15-11-4-2-1-3-9(11)13/h5-7,9,11H,1-4,13H2. The first-order chi connectivity index (χ1) is 7.27. The van der Waals surface area contributed by atoms with Crippen LogP contribution in [0.4, 0.5) is 0 Å². The maximum atomic E-state index is 5.99. The maximum Gasteiger partial charge on any atom is 0.141 e. The second kappa shape index (κ2) is 4.81. The van der Waals surface area contributed by atoms with Gasteiger partial charge in [0.1, 0.15) is 16.9 Å². The van der Waals surface area contributed by atoms with Crippen LogP contribution < -0.4 is 10.5 Å². The number of hydrogen-bond acceptors (Lipinski definition) is 3. The third kappa shape index (κ3) is 2.61. The monoisotopic (exact) mass is 226 g/mol. The van der Waals surface area contributed by atoms with Crippen LogP contribution in [-0.2, 0) is 0 Å². The van der Waals surface area contributed by atoms with Gasteiger partial charge in [0.2, 0.25) is 0 Å². The topological polar surface area (TPSA) is 48.1 Å². The van der Waals surface area contributed by atoms with Crippen LogP contribution in [0.5, 0.6) is 5.75 Å². The number of rotatable bonds is 2. The molecule has 0 saturated heterocycles. The molecular weight excluding hydrogens is 212 g/mol. The molecular formula is C11H15ClN2O. The number of aromatic nitrogens is 1. The van der Waals surface area contributed by atoms with E-state index < -0.39 is 0 Å². The van der Waals surface area contributed by atoms with Crippen molar-refractivity contribution in [2.45, 2.75) is 37.8 Å². The van der Waals surface area contributed by atoms with E-state index in [1.54, 1.807) is 18.5 Å². The number of hydrogen-bond donors (Lipinski definition) is 1. The van der Waals surface area contributed by atoms with E-state index in [4.69, 9.17) is 22.1 Å². The SMILES string of the molecule is NC1CCCCC1Oc1ccncc1Cl. The third-order valence-electron chi connectivity index (χ3n) is 2.77. The van der Waals surface area contributed by atoms with Crippen LogP contribution in [0.1, 0.15) is 25.7 Å². The van der Waals surface area contributed by atoms with Crippen LogP contribution in [0.3, 0.4) is 0 Å². The Hall–Kier alpha value is -0.800. The lowest BCUT2D eigenvalue weighted by Gasteiger charge is -2.29. The van der Waals surface area contributed by atoms with Gasteiger partial charge in [-0.1, -0.05) is 18.0 Å². The first-order valence-corrected chi connectivity index (χ1v) is 5.67. The van der Waals surface area contributed by atoms with E-state index in [-0.39, 0.29) is 12.1 Å². The number of nitrogens with zero attached hydrogens (tertiary/aromatic N) is 1. The molecule has 2 rings (SSSR count). The van der Waals surface area contributed by atoms with Crippen molar-refractivity contribution in [3.8, 4) is 5.75 Å². The van der Waals surface area contributed by atoms with Gasteiger partial charge in [0.25, 0.3) is 0 Å². The maximum absolute atomic E-state index is 5.99. The van der Waals surface area contributed by atoms with Crippen LogP contribution in [-0.4, -0.2) is 17.1 Å². The van der Waals surface area contributed by atoms with Gasteiger partial charge < -0.3 is 10.5 Å². The van der Waals surface area contributed by atoms with E-state index in [0.717, 1.165) is 12.8 Å². The van der Waals surface area contributed by atoms with Gasteiger partial charge in [-0.15, -0.1) is 0 Å². The molecule has 0 amide bonds. The third-order valence-corrected chi connectivity index (χ3v) is 3.05. The van der Waals surface area contributed by atoms with E-state index in [9.17, 15) is 0 Å². The van der Waals surface area contributed by atoms with Crippen molar-refractivity contribution in [1.29, 1.82) is 0 Å². The average Bonchev–Trinajstić information content (AvgIpc) is 2.24. The lowest BCUT2D eigenvalue weighted by atomic mass is 9.93. The molecule has 2 unspecified atom stereocenters. The zero-order valence-electron chi connectivity index (χ0n) is 8.53. The predicted molar refractivity (Wildman–Crippen MR) is 60.1 cm³/mol. The Morgan fingerprint density at radius 1 is 1.40 bits per heavy atom. The average molecular weight is 227 g/mol. The summed E-state index contributed by atoms with van der Waals surface area (Å²) in [5.41, 5.74) is 5.99. The highest BCUT2D eigenvalue weighted by molar-refractivity contribution is 6.31. The fourth-order valence-corrected chi connectivity index (χ4v) is 2.06. The van der Waals surface area contributed by atoms with E-state index in [0.29, 0.717) is 10.8 Å². The highest BCUT2D eigenvalue weighted by Crippen LogP contribution is 2.27. The first kappa shape index (κ1) is 10.7. The molecule has 1 fully saturated rings. The first-order valence-electron chi connectivity index (χ1n) is 5.29. The summed E-state index contributed by atoms with van der Waals surface area (Å²) in [5, 5.41) is 0.551. The summed E-state index contributed by atoms with van der Waals surface area (Å²) in [5.74, 6) is 0.689. The van der Waals surface area contributed by atoms with Gasteiger partial charge in [-0.3, -0.25) is 4.98 Å². The molecule has 0 aromatic carbocycles. The van der Waals surface area contributed by atoms with Crippen molar-refractivity contribution < 1.29 is 4.74 Å². The summed E-state index contributed by atoms with van der Waals surface area (Å²) >= 11 is 5.96. The van der Waals surface area contributed by atoms with Crippen LogP contribution in [0.15, 0.2) is 18.5 Å². The summed E-state index contributed by atoms with van der Waals surface area (Å²) in [6.45, 7) is 0. The lowest BCUT2D eigenvalue weighted by molar-refractivity contribution is 0.132. The predicted octanol–water partition coefficient (Wildman–Crippen LogP) is 2.38. The van der Waals surface area contributed by atoms with Crippen molar-refractivity contribution in [2.24, 2.45) is 5.73 Å². The van der Waals surface area contributed by atoms with Gasteiger partial charge >= 0.3 is 0 Å². The van der Waals surface area contributed by atoms with E-state index in [1.165, 1.54) is 12.8 Å². The molecule has 15 heavy (non-hydrogen) atoms. The normalized spacial score (nSPS) is 26.3. The second-order valence-electron chi connectivity index (χ2n) is 3.91. The molecule has 1 heterocycles. The van der Waals surface area contributed by atoms with Crippen LogP contribution >= 0.6 is 11.6 Å². The molecule has 1 saturated carbocycles. The Morgan fingerprint density at radius 2 is 2.20 bits per heavy atom. The molecule has 1 aliphatic rings. The summed E-state index contributed by atoms with van der Waals surface area (Å²) in [4.78, 5) is 3.91. The highest BCUT2D eigenvalue weighted by atomic mass is 35.5. The van der Waals surface area contributed by atoms with E-state index in [1.807, 2.05) is 0 Å². The van der Waals surface area contributed by atoms with Crippen molar-refractivity contribution in [3.05, 3.63) is 23.5 Å². The summed E-state index contributed by atoms with van der Waals surface area (Å²) in [7, 11) is 0. The van der Waals surface area contributed by atoms with Crippen LogP contribution in [0, 0.1) is 0 Å². The molecule has 1 aromatic rings. The lowest BCUT2D eigenvalue weighted by Crippen LogP contribution is -2.41. The van der Waals surface area contributed by atoms with Crippen molar-refractivity contribution in [1.82, 2.24) is 4.98 Å². The van der Waals surface area contributed by atoms with Gasteiger partial charge in [-0.05, 0) is 19.3 Å². The zero-order valence-corrected chi connectivity index (χ0v) is 9.28. The highest BCUT2D eigenvalue weighted by Gasteiger charge is 2.23. The molecule has 2 N–H and O–H groups in total. The molecule has 1 aliphatic carbocycles. The second-order valence-corrected chi connectivity index (χ2v) is 4.32. The summed E-state index contributed by atoms with van der Waals surface area (Å²) in [6, 6.07) is 1.91. The minimum atomic E-state index is 0.0960. The Kier molecular flexibility index (Phi) is 3.44.